The van der Waals surface area contributed by atoms with Gasteiger partial charge in [-0.2, -0.15) is 0 Å². The topological polar surface area (TPSA) is 74.6 Å². The standard InChI is InChI=1S/C23H44O4/c1-2-3-4-5-6-7-9-12-15-18-21(23(26)27)19-16-13-10-8-11-14-17-20-22(24)25/h21H,2-20H2,1H3,(H,24,25)(H,26,27). The summed E-state index contributed by atoms with van der Waals surface area (Å²) in [6.07, 6.45) is 20.6. The molecule has 0 radical (unpaired) electrons. The van der Waals surface area contributed by atoms with Crippen molar-refractivity contribution in [3.8, 4) is 0 Å². The maximum absolute atomic E-state index is 11.4. The van der Waals surface area contributed by atoms with Crippen LogP contribution in [0.2, 0.25) is 0 Å². The zero-order chi connectivity index (χ0) is 20.2. The van der Waals surface area contributed by atoms with Crippen LogP contribution in [0.15, 0.2) is 0 Å². The van der Waals surface area contributed by atoms with E-state index in [1.54, 1.807) is 0 Å². The number of aliphatic carboxylic acids is 2. The Balaban J connectivity index is 3.49. The van der Waals surface area contributed by atoms with Gasteiger partial charge in [0.1, 0.15) is 0 Å². The van der Waals surface area contributed by atoms with Gasteiger partial charge in [-0.1, -0.05) is 103 Å². The van der Waals surface area contributed by atoms with Crippen molar-refractivity contribution in [2.45, 2.75) is 129 Å². The van der Waals surface area contributed by atoms with Crippen LogP contribution in [-0.4, -0.2) is 22.2 Å². The Hall–Kier alpha value is -1.06. The molecule has 4 heteroatoms. The lowest BCUT2D eigenvalue weighted by atomic mass is 9.94. The van der Waals surface area contributed by atoms with E-state index in [4.69, 9.17) is 5.11 Å². The number of carboxylic acids is 2. The lowest BCUT2D eigenvalue weighted by molar-refractivity contribution is -0.142. The Bertz CT molecular complexity index is 354. The van der Waals surface area contributed by atoms with E-state index < -0.39 is 11.9 Å². The minimum absolute atomic E-state index is 0.162. The highest BCUT2D eigenvalue weighted by Gasteiger charge is 2.16. The average molecular weight is 385 g/mol. The molecule has 0 aromatic heterocycles. The molecule has 27 heavy (non-hydrogen) atoms. The van der Waals surface area contributed by atoms with Crippen LogP contribution in [-0.2, 0) is 9.59 Å². The van der Waals surface area contributed by atoms with Crippen LogP contribution in [0.5, 0.6) is 0 Å². The summed E-state index contributed by atoms with van der Waals surface area (Å²) in [6.45, 7) is 2.24. The Morgan fingerprint density at radius 3 is 1.33 bits per heavy atom. The van der Waals surface area contributed by atoms with Crippen molar-refractivity contribution < 1.29 is 19.8 Å². The first-order valence-corrected chi connectivity index (χ1v) is 11.5. The van der Waals surface area contributed by atoms with E-state index >= 15 is 0 Å². The average Bonchev–Trinajstić information content (AvgIpc) is 2.63. The summed E-state index contributed by atoms with van der Waals surface area (Å²) < 4.78 is 0. The van der Waals surface area contributed by atoms with Gasteiger partial charge in [0.25, 0.3) is 0 Å². The molecule has 0 aromatic carbocycles. The summed E-state index contributed by atoms with van der Waals surface area (Å²) in [5, 5.41) is 18.0. The van der Waals surface area contributed by atoms with Crippen molar-refractivity contribution in [1.82, 2.24) is 0 Å². The van der Waals surface area contributed by atoms with Gasteiger partial charge in [-0.15, -0.1) is 0 Å². The third-order valence-corrected chi connectivity index (χ3v) is 5.45. The predicted octanol–water partition coefficient (Wildman–Crippen LogP) is 7.20. The summed E-state index contributed by atoms with van der Waals surface area (Å²) in [4.78, 5) is 21.8. The molecule has 0 aromatic rings. The monoisotopic (exact) mass is 384 g/mol. The molecule has 4 nitrogen and oxygen atoms in total. The summed E-state index contributed by atoms with van der Waals surface area (Å²) in [5.74, 6) is -1.49. The molecule has 2 N–H and O–H groups in total. The molecule has 1 atom stereocenters. The van der Waals surface area contributed by atoms with Gasteiger partial charge in [0, 0.05) is 6.42 Å². The van der Waals surface area contributed by atoms with Gasteiger partial charge in [0.05, 0.1) is 5.92 Å². The normalized spacial score (nSPS) is 12.2. The predicted molar refractivity (Wildman–Crippen MR) is 112 cm³/mol. The molecule has 0 saturated carbocycles. The molecule has 0 saturated heterocycles. The van der Waals surface area contributed by atoms with Crippen molar-refractivity contribution >= 4 is 11.9 Å². The lowest BCUT2D eigenvalue weighted by Crippen LogP contribution is -2.13. The first kappa shape index (κ1) is 25.9. The zero-order valence-corrected chi connectivity index (χ0v) is 17.7. The van der Waals surface area contributed by atoms with Crippen molar-refractivity contribution in [2.75, 3.05) is 0 Å². The smallest absolute Gasteiger partial charge is 0.306 e. The van der Waals surface area contributed by atoms with Crippen LogP contribution in [0.25, 0.3) is 0 Å². The quantitative estimate of drug-likeness (QED) is 0.205. The fourth-order valence-electron chi connectivity index (χ4n) is 3.64. The second-order valence-corrected chi connectivity index (χ2v) is 8.06. The molecule has 0 bridgehead atoms. The van der Waals surface area contributed by atoms with Gasteiger partial charge in [-0.05, 0) is 19.3 Å². The molecule has 0 spiro atoms. The van der Waals surface area contributed by atoms with Crippen LogP contribution in [0.3, 0.4) is 0 Å². The van der Waals surface area contributed by atoms with E-state index in [0.29, 0.717) is 0 Å². The van der Waals surface area contributed by atoms with E-state index in [1.807, 2.05) is 0 Å². The minimum atomic E-state index is -0.707. The summed E-state index contributed by atoms with van der Waals surface area (Å²) in [5.41, 5.74) is 0. The number of hydrogen-bond acceptors (Lipinski definition) is 2. The van der Waals surface area contributed by atoms with Crippen LogP contribution < -0.4 is 0 Å². The Morgan fingerprint density at radius 2 is 0.963 bits per heavy atom. The highest BCUT2D eigenvalue weighted by atomic mass is 16.4. The van der Waals surface area contributed by atoms with Gasteiger partial charge in [0.2, 0.25) is 0 Å². The number of rotatable bonds is 21. The third-order valence-electron chi connectivity index (χ3n) is 5.45. The summed E-state index contributed by atoms with van der Waals surface area (Å²) in [7, 11) is 0. The van der Waals surface area contributed by atoms with Gasteiger partial charge >= 0.3 is 11.9 Å². The van der Waals surface area contributed by atoms with Crippen molar-refractivity contribution in [3.05, 3.63) is 0 Å². The van der Waals surface area contributed by atoms with E-state index in [9.17, 15) is 14.7 Å². The second-order valence-electron chi connectivity index (χ2n) is 8.06. The largest absolute Gasteiger partial charge is 0.481 e. The molecule has 0 aliphatic rings. The SMILES string of the molecule is CCCCCCCCCCCC(CCCCCCCCCC(=O)O)C(=O)O. The second kappa shape index (κ2) is 19.7. The zero-order valence-electron chi connectivity index (χ0n) is 17.7. The number of carboxylic acid groups (broad SMARTS) is 2. The maximum Gasteiger partial charge on any atom is 0.306 e. The van der Waals surface area contributed by atoms with Crippen LogP contribution in [0.4, 0.5) is 0 Å². The van der Waals surface area contributed by atoms with Crippen LogP contribution in [0.1, 0.15) is 129 Å². The molecule has 0 heterocycles. The van der Waals surface area contributed by atoms with Crippen molar-refractivity contribution in [2.24, 2.45) is 5.92 Å². The molecule has 0 aliphatic carbocycles. The number of hydrogen-bond donors (Lipinski definition) is 2. The van der Waals surface area contributed by atoms with Gasteiger partial charge in [0.15, 0.2) is 0 Å². The number of carbonyl (C=O) groups is 2. The summed E-state index contributed by atoms with van der Waals surface area (Å²) >= 11 is 0. The Kier molecular flexibility index (Phi) is 18.9. The van der Waals surface area contributed by atoms with Gasteiger partial charge in [-0.25, -0.2) is 0 Å². The van der Waals surface area contributed by atoms with Gasteiger partial charge < -0.3 is 10.2 Å². The van der Waals surface area contributed by atoms with Gasteiger partial charge in [-0.3, -0.25) is 9.59 Å². The molecular weight excluding hydrogens is 340 g/mol. The third kappa shape index (κ3) is 19.5. The first-order valence-electron chi connectivity index (χ1n) is 11.5. The molecule has 0 amide bonds. The van der Waals surface area contributed by atoms with E-state index in [1.165, 1.54) is 51.4 Å². The maximum atomic E-state index is 11.4. The fourth-order valence-corrected chi connectivity index (χ4v) is 3.64. The Labute approximate surface area is 167 Å². The fraction of sp³-hybridized carbons (Fsp3) is 0.913. The molecule has 0 fully saturated rings. The van der Waals surface area contributed by atoms with E-state index in [-0.39, 0.29) is 12.3 Å². The van der Waals surface area contributed by atoms with E-state index in [2.05, 4.69) is 6.92 Å². The van der Waals surface area contributed by atoms with Crippen LogP contribution >= 0.6 is 0 Å². The highest BCUT2D eigenvalue weighted by molar-refractivity contribution is 5.69. The highest BCUT2D eigenvalue weighted by Crippen LogP contribution is 2.20. The Morgan fingerprint density at radius 1 is 0.593 bits per heavy atom. The summed E-state index contributed by atoms with van der Waals surface area (Å²) in [6, 6.07) is 0. The molecule has 160 valence electrons. The van der Waals surface area contributed by atoms with Crippen LogP contribution in [0, 0.1) is 5.92 Å². The first-order chi connectivity index (χ1) is 13.1. The molecule has 1 unspecified atom stereocenters. The minimum Gasteiger partial charge on any atom is -0.481 e. The van der Waals surface area contributed by atoms with E-state index in [0.717, 1.165) is 64.2 Å². The van der Waals surface area contributed by atoms with Crippen molar-refractivity contribution in [3.63, 3.8) is 0 Å². The number of unbranched alkanes of at least 4 members (excludes halogenated alkanes) is 14. The molecule has 0 aliphatic heterocycles. The molecular formula is C23H44O4. The van der Waals surface area contributed by atoms with Crippen molar-refractivity contribution in [1.29, 1.82) is 0 Å². The molecule has 0 rings (SSSR count). The lowest BCUT2D eigenvalue weighted by Gasteiger charge is -2.12.